The number of benzene rings is 1. The molecule has 0 saturated carbocycles. The number of hydrogen-bond donors (Lipinski definition) is 5. The SMILES string of the molecule is C[C@H](Nc1nc(Cl)nc2c1ncn2[C@@H]1O[C@H](CCCCP(=O)(O)O)C(O)C1O)c1ccccc1. The number of aliphatic hydroxyl groups excluding tert-OH is 2. The normalized spacial score (nSPS) is 23.9. The van der Waals surface area contributed by atoms with Crippen LogP contribution >= 0.6 is 19.2 Å². The standard InChI is InChI=1S/C21H27ClN5O6P/c1-12(13-7-3-2-4-8-13)24-18-15-19(26-21(22)25-18)27(11-23-15)20-17(29)16(28)14(33-20)9-5-6-10-34(30,31)32/h2-4,7-8,11-12,14,16-17,20,28-29H,5-6,9-10H2,1H3,(H,24,25,26)(H2,30,31,32)/t12-,14+,16?,17?,20+/m0/s1. The first kappa shape index (κ1) is 25.0. The summed E-state index contributed by atoms with van der Waals surface area (Å²) in [5.74, 6) is 0.423. The Labute approximate surface area is 200 Å². The Bertz CT molecular complexity index is 1180. The van der Waals surface area contributed by atoms with E-state index in [1.807, 2.05) is 37.3 Å². The van der Waals surface area contributed by atoms with Crippen molar-refractivity contribution in [3.05, 3.63) is 47.5 Å². The molecule has 184 valence electrons. The highest BCUT2D eigenvalue weighted by Gasteiger charge is 2.44. The van der Waals surface area contributed by atoms with Crippen molar-refractivity contribution in [2.24, 2.45) is 0 Å². The van der Waals surface area contributed by atoms with Gasteiger partial charge in [0.15, 0.2) is 23.2 Å². The molecule has 0 amide bonds. The van der Waals surface area contributed by atoms with Gasteiger partial charge in [-0.25, -0.2) is 4.98 Å². The largest absolute Gasteiger partial charge is 0.388 e. The number of imidazole rings is 1. The number of rotatable bonds is 9. The van der Waals surface area contributed by atoms with E-state index < -0.39 is 32.1 Å². The third-order valence-corrected chi connectivity index (χ3v) is 6.91. The van der Waals surface area contributed by atoms with E-state index in [0.29, 0.717) is 29.8 Å². The fourth-order valence-corrected chi connectivity index (χ4v) is 4.87. The number of fused-ring (bicyclic) bond motifs is 1. The van der Waals surface area contributed by atoms with Crippen molar-refractivity contribution in [1.29, 1.82) is 0 Å². The van der Waals surface area contributed by atoms with E-state index in [-0.39, 0.29) is 23.9 Å². The second kappa shape index (κ2) is 10.2. The Balaban J connectivity index is 1.52. The molecule has 13 heteroatoms. The van der Waals surface area contributed by atoms with Gasteiger partial charge in [0, 0.05) is 6.16 Å². The van der Waals surface area contributed by atoms with Gasteiger partial charge in [-0.15, -0.1) is 0 Å². The maximum Gasteiger partial charge on any atom is 0.325 e. The molecule has 0 aliphatic carbocycles. The molecule has 5 atom stereocenters. The van der Waals surface area contributed by atoms with Crippen molar-refractivity contribution in [3.63, 3.8) is 0 Å². The maximum absolute atomic E-state index is 11.0. The topological polar surface area (TPSA) is 163 Å². The summed E-state index contributed by atoms with van der Waals surface area (Å²) >= 11 is 6.18. The summed E-state index contributed by atoms with van der Waals surface area (Å²) in [6.45, 7) is 1.98. The van der Waals surface area contributed by atoms with Crippen molar-refractivity contribution >= 4 is 36.2 Å². The van der Waals surface area contributed by atoms with Crippen molar-refractivity contribution in [1.82, 2.24) is 19.5 Å². The summed E-state index contributed by atoms with van der Waals surface area (Å²) in [7, 11) is -4.07. The third-order valence-electron chi connectivity index (χ3n) is 5.85. The highest BCUT2D eigenvalue weighted by atomic mass is 35.5. The van der Waals surface area contributed by atoms with Gasteiger partial charge in [-0.1, -0.05) is 36.8 Å². The van der Waals surface area contributed by atoms with Crippen LogP contribution in [0.4, 0.5) is 5.82 Å². The number of ether oxygens (including phenoxy) is 1. The summed E-state index contributed by atoms with van der Waals surface area (Å²) in [4.78, 5) is 30.9. The molecule has 34 heavy (non-hydrogen) atoms. The second-order valence-electron chi connectivity index (χ2n) is 8.37. The lowest BCUT2D eigenvalue weighted by Gasteiger charge is -2.18. The predicted octanol–water partition coefficient (Wildman–Crippen LogP) is 2.62. The smallest absolute Gasteiger partial charge is 0.325 e. The van der Waals surface area contributed by atoms with Crippen LogP contribution in [0, 0.1) is 0 Å². The minimum absolute atomic E-state index is 0.0148. The van der Waals surface area contributed by atoms with Crippen molar-refractivity contribution < 1.29 is 29.3 Å². The minimum atomic E-state index is -4.07. The molecule has 2 aromatic heterocycles. The van der Waals surface area contributed by atoms with Gasteiger partial charge in [-0.05, 0) is 36.9 Å². The van der Waals surface area contributed by atoms with Gasteiger partial charge in [-0.3, -0.25) is 9.13 Å². The Morgan fingerprint density at radius 1 is 1.18 bits per heavy atom. The lowest BCUT2D eigenvalue weighted by Crippen LogP contribution is -2.31. The van der Waals surface area contributed by atoms with E-state index in [4.69, 9.17) is 26.1 Å². The number of aromatic nitrogens is 4. The molecule has 0 radical (unpaired) electrons. The second-order valence-corrected chi connectivity index (χ2v) is 10.5. The van der Waals surface area contributed by atoms with Crippen LogP contribution in [-0.2, 0) is 9.30 Å². The monoisotopic (exact) mass is 511 g/mol. The molecule has 1 aliphatic heterocycles. The molecule has 3 aromatic rings. The lowest BCUT2D eigenvalue weighted by molar-refractivity contribution is -0.0373. The molecule has 0 spiro atoms. The summed E-state index contributed by atoms with van der Waals surface area (Å²) in [5.41, 5.74) is 1.81. The fraction of sp³-hybridized carbons (Fsp3) is 0.476. The van der Waals surface area contributed by atoms with Crippen LogP contribution in [0.3, 0.4) is 0 Å². The quantitative estimate of drug-likeness (QED) is 0.164. The van der Waals surface area contributed by atoms with Crippen LogP contribution in [-0.4, -0.2) is 64.0 Å². The fourth-order valence-electron chi connectivity index (χ4n) is 4.07. The van der Waals surface area contributed by atoms with E-state index >= 15 is 0 Å². The first-order chi connectivity index (χ1) is 16.1. The zero-order valence-electron chi connectivity index (χ0n) is 18.4. The number of nitrogens with one attached hydrogen (secondary N) is 1. The number of unbranched alkanes of at least 4 members (excludes halogenated alkanes) is 1. The minimum Gasteiger partial charge on any atom is -0.388 e. The molecule has 1 aliphatic rings. The van der Waals surface area contributed by atoms with Gasteiger partial charge in [0.25, 0.3) is 0 Å². The molecular formula is C21H27ClN5O6P. The molecule has 3 heterocycles. The van der Waals surface area contributed by atoms with E-state index in [9.17, 15) is 14.8 Å². The molecular weight excluding hydrogens is 485 g/mol. The van der Waals surface area contributed by atoms with E-state index in [0.717, 1.165) is 5.56 Å². The molecule has 1 saturated heterocycles. The summed E-state index contributed by atoms with van der Waals surface area (Å²) < 4.78 is 18.4. The number of nitrogens with zero attached hydrogens (tertiary/aromatic N) is 4. The van der Waals surface area contributed by atoms with Crippen LogP contribution in [0.1, 0.15) is 44.0 Å². The molecule has 4 rings (SSSR count). The highest BCUT2D eigenvalue weighted by Crippen LogP contribution is 2.37. The van der Waals surface area contributed by atoms with Gasteiger partial charge in [0.05, 0.1) is 18.5 Å². The van der Waals surface area contributed by atoms with Gasteiger partial charge in [0.1, 0.15) is 12.2 Å². The molecule has 0 bridgehead atoms. The van der Waals surface area contributed by atoms with Gasteiger partial charge in [-0.2, -0.15) is 9.97 Å². The molecule has 1 aromatic carbocycles. The van der Waals surface area contributed by atoms with Gasteiger partial charge in [0.2, 0.25) is 5.28 Å². The molecule has 1 fully saturated rings. The number of hydrogen-bond acceptors (Lipinski definition) is 8. The summed E-state index contributed by atoms with van der Waals surface area (Å²) in [6.07, 6.45) is -1.84. The Hall–Kier alpha value is -2.11. The molecule has 2 unspecified atom stereocenters. The average molecular weight is 512 g/mol. The van der Waals surface area contributed by atoms with E-state index in [1.54, 1.807) is 0 Å². The van der Waals surface area contributed by atoms with Crippen molar-refractivity contribution in [2.45, 2.75) is 56.8 Å². The van der Waals surface area contributed by atoms with Crippen LogP contribution < -0.4 is 5.32 Å². The summed E-state index contributed by atoms with van der Waals surface area (Å²) in [5, 5.41) is 24.4. The maximum atomic E-state index is 11.0. The number of anilines is 1. The summed E-state index contributed by atoms with van der Waals surface area (Å²) in [6, 6.07) is 9.70. The lowest BCUT2D eigenvalue weighted by atomic mass is 10.1. The number of aliphatic hydroxyl groups is 2. The van der Waals surface area contributed by atoms with Crippen molar-refractivity contribution in [2.75, 3.05) is 11.5 Å². The van der Waals surface area contributed by atoms with Crippen LogP contribution in [0.15, 0.2) is 36.7 Å². The Morgan fingerprint density at radius 3 is 2.62 bits per heavy atom. The zero-order valence-corrected chi connectivity index (χ0v) is 20.0. The molecule has 11 nitrogen and oxygen atoms in total. The average Bonchev–Trinajstić information content (AvgIpc) is 3.32. The first-order valence-corrected chi connectivity index (χ1v) is 13.1. The highest BCUT2D eigenvalue weighted by molar-refractivity contribution is 7.51. The van der Waals surface area contributed by atoms with Crippen LogP contribution in [0.2, 0.25) is 5.28 Å². The van der Waals surface area contributed by atoms with Crippen LogP contribution in [0.5, 0.6) is 0 Å². The van der Waals surface area contributed by atoms with Gasteiger partial charge >= 0.3 is 7.60 Å². The van der Waals surface area contributed by atoms with Crippen molar-refractivity contribution in [3.8, 4) is 0 Å². The first-order valence-electron chi connectivity index (χ1n) is 10.9. The van der Waals surface area contributed by atoms with Crippen LogP contribution in [0.25, 0.3) is 11.2 Å². The Morgan fingerprint density at radius 2 is 1.91 bits per heavy atom. The third kappa shape index (κ3) is 5.58. The predicted molar refractivity (Wildman–Crippen MR) is 125 cm³/mol. The van der Waals surface area contributed by atoms with E-state index in [1.165, 1.54) is 10.9 Å². The molecule has 5 N–H and O–H groups in total. The van der Waals surface area contributed by atoms with Gasteiger partial charge < -0.3 is 30.1 Å². The zero-order chi connectivity index (χ0) is 24.5. The number of halogens is 1. The van der Waals surface area contributed by atoms with E-state index in [2.05, 4.69) is 20.3 Å². The Kier molecular flexibility index (Phi) is 7.54.